The number of aryl methyl sites for hydroxylation is 1. The summed E-state index contributed by atoms with van der Waals surface area (Å²) in [5, 5.41) is 3.65. The Hall–Kier alpha value is -1.80. The predicted octanol–water partition coefficient (Wildman–Crippen LogP) is 3.44. The average molecular weight is 252 g/mol. The largest absolute Gasteiger partial charge is 0.398 e. The average Bonchev–Trinajstić information content (AvgIpc) is 2.46. The molecule has 0 bridgehead atoms. The highest BCUT2D eigenvalue weighted by Gasteiger charge is 2.21. The zero-order chi connectivity index (χ0) is 13.1. The molecule has 2 heteroatoms. The second kappa shape index (κ2) is 5.45. The Morgan fingerprint density at radius 2 is 1.89 bits per heavy atom. The molecule has 98 valence electrons. The van der Waals surface area contributed by atoms with Gasteiger partial charge in [0.25, 0.3) is 0 Å². The third kappa shape index (κ3) is 2.64. The molecule has 0 aromatic heterocycles. The van der Waals surface area contributed by atoms with Crippen molar-refractivity contribution in [3.63, 3.8) is 0 Å². The van der Waals surface area contributed by atoms with Gasteiger partial charge in [0.1, 0.15) is 0 Å². The van der Waals surface area contributed by atoms with Gasteiger partial charge in [0, 0.05) is 18.3 Å². The number of anilines is 1. The smallest absolute Gasteiger partial charge is 0.0365 e. The van der Waals surface area contributed by atoms with E-state index < -0.39 is 0 Å². The van der Waals surface area contributed by atoms with E-state index in [4.69, 9.17) is 5.73 Å². The molecule has 0 spiro atoms. The molecule has 0 heterocycles. The summed E-state index contributed by atoms with van der Waals surface area (Å²) in [6.45, 7) is 0.902. The molecule has 2 nitrogen and oxygen atoms in total. The predicted molar refractivity (Wildman–Crippen MR) is 79.8 cm³/mol. The number of nitrogens with two attached hydrogens (primary N) is 1. The highest BCUT2D eigenvalue weighted by molar-refractivity contribution is 5.53. The molecule has 1 aliphatic rings. The fourth-order valence-corrected chi connectivity index (χ4v) is 2.96. The minimum Gasteiger partial charge on any atom is -0.398 e. The van der Waals surface area contributed by atoms with Crippen molar-refractivity contribution in [1.29, 1.82) is 0 Å². The Morgan fingerprint density at radius 1 is 1.05 bits per heavy atom. The van der Waals surface area contributed by atoms with Crippen LogP contribution in [0.3, 0.4) is 0 Å². The van der Waals surface area contributed by atoms with Crippen LogP contribution in [0.1, 0.15) is 35.6 Å². The van der Waals surface area contributed by atoms with E-state index in [2.05, 4.69) is 47.8 Å². The minimum absolute atomic E-state index is 0.394. The maximum absolute atomic E-state index is 6.16. The third-order valence-corrected chi connectivity index (χ3v) is 3.91. The molecule has 2 aromatic carbocycles. The van der Waals surface area contributed by atoms with Gasteiger partial charge in [0.15, 0.2) is 0 Å². The van der Waals surface area contributed by atoms with Crippen molar-refractivity contribution in [2.75, 3.05) is 5.73 Å². The van der Waals surface area contributed by atoms with Crippen molar-refractivity contribution in [3.8, 4) is 0 Å². The van der Waals surface area contributed by atoms with Gasteiger partial charge in [-0.1, -0.05) is 42.5 Å². The lowest BCUT2D eigenvalue weighted by Gasteiger charge is -2.28. The van der Waals surface area contributed by atoms with Crippen molar-refractivity contribution in [3.05, 3.63) is 65.2 Å². The lowest BCUT2D eigenvalue weighted by atomic mass is 9.86. The van der Waals surface area contributed by atoms with Gasteiger partial charge in [-0.05, 0) is 42.0 Å². The summed E-state index contributed by atoms with van der Waals surface area (Å²) in [5.41, 5.74) is 11.2. The Balaban J connectivity index is 1.77. The minimum atomic E-state index is 0.394. The van der Waals surface area contributed by atoms with Crippen molar-refractivity contribution in [2.45, 2.75) is 31.8 Å². The van der Waals surface area contributed by atoms with Crippen LogP contribution in [0.15, 0.2) is 48.5 Å². The molecule has 3 rings (SSSR count). The van der Waals surface area contributed by atoms with Crippen LogP contribution in [0.4, 0.5) is 5.69 Å². The van der Waals surface area contributed by atoms with Crippen LogP contribution in [-0.2, 0) is 13.0 Å². The van der Waals surface area contributed by atoms with E-state index in [1.165, 1.54) is 29.5 Å². The number of fused-ring (bicyclic) bond motifs is 1. The molecule has 0 saturated carbocycles. The fraction of sp³-hybridized carbons (Fsp3) is 0.294. The molecular weight excluding hydrogens is 232 g/mol. The van der Waals surface area contributed by atoms with Gasteiger partial charge >= 0.3 is 0 Å². The van der Waals surface area contributed by atoms with Gasteiger partial charge in [-0.3, -0.25) is 0 Å². The summed E-state index contributed by atoms with van der Waals surface area (Å²) >= 11 is 0. The van der Waals surface area contributed by atoms with Gasteiger partial charge in [-0.2, -0.15) is 0 Å². The third-order valence-electron chi connectivity index (χ3n) is 3.91. The lowest BCUT2D eigenvalue weighted by molar-refractivity contribution is 0.460. The number of hydrogen-bond acceptors (Lipinski definition) is 2. The van der Waals surface area contributed by atoms with Crippen LogP contribution in [0.2, 0.25) is 0 Å². The first-order chi connectivity index (χ1) is 9.34. The van der Waals surface area contributed by atoms with Crippen LogP contribution in [0.25, 0.3) is 0 Å². The Labute approximate surface area is 114 Å². The van der Waals surface area contributed by atoms with Gasteiger partial charge in [0.05, 0.1) is 0 Å². The van der Waals surface area contributed by atoms with Gasteiger partial charge in [-0.25, -0.2) is 0 Å². The SMILES string of the molecule is Nc1cccc2c1C(NCc1ccccc1)CCC2. The van der Waals surface area contributed by atoms with E-state index in [-0.39, 0.29) is 0 Å². The molecule has 3 N–H and O–H groups in total. The number of nitrogen functional groups attached to an aromatic ring is 1. The van der Waals surface area contributed by atoms with E-state index in [1.807, 2.05) is 6.07 Å². The topological polar surface area (TPSA) is 38.0 Å². The Kier molecular flexibility index (Phi) is 3.51. The molecule has 1 unspecified atom stereocenters. The van der Waals surface area contributed by atoms with E-state index in [9.17, 15) is 0 Å². The van der Waals surface area contributed by atoms with E-state index in [0.29, 0.717) is 6.04 Å². The Morgan fingerprint density at radius 3 is 2.74 bits per heavy atom. The molecular formula is C17H20N2. The first-order valence-corrected chi connectivity index (χ1v) is 6.99. The summed E-state index contributed by atoms with van der Waals surface area (Å²) in [5.74, 6) is 0. The van der Waals surface area contributed by atoms with Crippen molar-refractivity contribution in [1.82, 2.24) is 5.32 Å². The van der Waals surface area contributed by atoms with Gasteiger partial charge < -0.3 is 11.1 Å². The molecule has 0 amide bonds. The summed E-state index contributed by atoms with van der Waals surface area (Å²) in [6, 6.07) is 17.2. The zero-order valence-electron chi connectivity index (χ0n) is 11.1. The summed E-state index contributed by atoms with van der Waals surface area (Å²) in [7, 11) is 0. The van der Waals surface area contributed by atoms with Crippen LogP contribution < -0.4 is 11.1 Å². The zero-order valence-corrected chi connectivity index (χ0v) is 11.1. The highest BCUT2D eigenvalue weighted by Crippen LogP contribution is 2.33. The van der Waals surface area contributed by atoms with Crippen LogP contribution >= 0.6 is 0 Å². The van der Waals surface area contributed by atoms with Crippen molar-refractivity contribution < 1.29 is 0 Å². The normalized spacial score (nSPS) is 18.0. The maximum Gasteiger partial charge on any atom is 0.0365 e. The standard InChI is InChI=1S/C17H20N2/c18-15-10-4-8-14-9-5-11-16(17(14)15)19-12-13-6-2-1-3-7-13/h1-4,6-8,10,16,19H,5,9,11-12,18H2. The molecule has 0 aliphatic heterocycles. The van der Waals surface area contributed by atoms with E-state index in [0.717, 1.165) is 18.7 Å². The molecule has 0 saturated heterocycles. The number of hydrogen-bond donors (Lipinski definition) is 2. The maximum atomic E-state index is 6.16. The molecule has 19 heavy (non-hydrogen) atoms. The molecule has 0 fully saturated rings. The van der Waals surface area contributed by atoms with E-state index >= 15 is 0 Å². The van der Waals surface area contributed by atoms with Crippen LogP contribution in [0.5, 0.6) is 0 Å². The molecule has 1 aliphatic carbocycles. The monoisotopic (exact) mass is 252 g/mol. The van der Waals surface area contributed by atoms with Crippen LogP contribution in [0, 0.1) is 0 Å². The lowest BCUT2D eigenvalue weighted by Crippen LogP contribution is -2.25. The molecule has 1 atom stereocenters. The van der Waals surface area contributed by atoms with E-state index in [1.54, 1.807) is 0 Å². The van der Waals surface area contributed by atoms with Crippen molar-refractivity contribution >= 4 is 5.69 Å². The second-order valence-corrected chi connectivity index (χ2v) is 5.23. The Bertz CT molecular complexity index is 548. The number of rotatable bonds is 3. The molecule has 2 aromatic rings. The highest BCUT2D eigenvalue weighted by atomic mass is 14.9. The van der Waals surface area contributed by atoms with Gasteiger partial charge in [-0.15, -0.1) is 0 Å². The summed E-state index contributed by atoms with van der Waals surface area (Å²) < 4.78 is 0. The van der Waals surface area contributed by atoms with Crippen molar-refractivity contribution in [2.24, 2.45) is 0 Å². The quantitative estimate of drug-likeness (QED) is 0.821. The second-order valence-electron chi connectivity index (χ2n) is 5.23. The molecule has 0 radical (unpaired) electrons. The number of benzene rings is 2. The first kappa shape index (κ1) is 12.2. The first-order valence-electron chi connectivity index (χ1n) is 6.99. The van der Waals surface area contributed by atoms with Crippen LogP contribution in [-0.4, -0.2) is 0 Å². The van der Waals surface area contributed by atoms with Gasteiger partial charge in [0.2, 0.25) is 0 Å². The summed E-state index contributed by atoms with van der Waals surface area (Å²) in [6.07, 6.45) is 3.57. The number of nitrogens with one attached hydrogen (secondary N) is 1. The summed E-state index contributed by atoms with van der Waals surface area (Å²) in [4.78, 5) is 0. The fourth-order valence-electron chi connectivity index (χ4n) is 2.96.